The van der Waals surface area contributed by atoms with Crippen molar-refractivity contribution < 1.29 is 4.39 Å². The number of nitrogens with zero attached hydrogens (tertiary/aromatic N) is 1. The summed E-state index contributed by atoms with van der Waals surface area (Å²) in [5.41, 5.74) is 6.47. The Hall–Kier alpha value is -0.640. The van der Waals surface area contributed by atoms with Crippen LogP contribution < -0.4 is 5.73 Å². The molecular formula is C14H20ClFN2. The van der Waals surface area contributed by atoms with E-state index in [0.717, 1.165) is 19.4 Å². The lowest BCUT2D eigenvalue weighted by Gasteiger charge is -2.38. The van der Waals surface area contributed by atoms with Gasteiger partial charge in [-0.15, -0.1) is 0 Å². The first-order valence-corrected chi connectivity index (χ1v) is 6.76. The minimum atomic E-state index is -0.263. The summed E-state index contributed by atoms with van der Waals surface area (Å²) in [7, 11) is 0. The van der Waals surface area contributed by atoms with Gasteiger partial charge in [-0.1, -0.05) is 17.7 Å². The molecule has 4 heteroatoms. The fraction of sp³-hybridized carbons (Fsp3) is 0.571. The summed E-state index contributed by atoms with van der Waals surface area (Å²) in [4.78, 5) is 2.28. The molecule has 0 bridgehead atoms. The Morgan fingerprint density at radius 3 is 2.72 bits per heavy atom. The van der Waals surface area contributed by atoms with Crippen molar-refractivity contribution in [2.24, 2.45) is 5.73 Å². The van der Waals surface area contributed by atoms with Crippen LogP contribution >= 0.6 is 11.6 Å². The van der Waals surface area contributed by atoms with Crippen LogP contribution in [0, 0.1) is 5.82 Å². The summed E-state index contributed by atoms with van der Waals surface area (Å²) in [6.45, 7) is 5.68. The number of benzene rings is 1. The maximum absolute atomic E-state index is 14.0. The second kappa shape index (κ2) is 5.16. The Labute approximate surface area is 113 Å². The van der Waals surface area contributed by atoms with Gasteiger partial charge in [-0.2, -0.15) is 0 Å². The van der Waals surface area contributed by atoms with E-state index in [1.54, 1.807) is 12.1 Å². The van der Waals surface area contributed by atoms with Gasteiger partial charge in [-0.25, -0.2) is 4.39 Å². The average molecular weight is 271 g/mol. The third-order valence-electron chi connectivity index (χ3n) is 3.90. The van der Waals surface area contributed by atoms with Gasteiger partial charge in [-0.05, 0) is 45.4 Å². The standard InChI is InChI=1S/C14H20ClFN2/c1-14(2)7-4-8-18(14)12(9-17)13-10(15)5-3-6-11(13)16/h3,5-6,12H,4,7-9,17H2,1-2H3. The van der Waals surface area contributed by atoms with Crippen LogP contribution in [0.1, 0.15) is 38.3 Å². The predicted octanol–water partition coefficient (Wildman–Crippen LogP) is 3.35. The molecule has 1 aliphatic heterocycles. The van der Waals surface area contributed by atoms with Gasteiger partial charge in [0.25, 0.3) is 0 Å². The van der Waals surface area contributed by atoms with Crippen molar-refractivity contribution in [2.45, 2.75) is 38.3 Å². The highest BCUT2D eigenvalue weighted by Gasteiger charge is 2.38. The van der Waals surface area contributed by atoms with E-state index in [-0.39, 0.29) is 17.4 Å². The summed E-state index contributed by atoms with van der Waals surface area (Å²) >= 11 is 6.15. The van der Waals surface area contributed by atoms with Crippen molar-refractivity contribution in [2.75, 3.05) is 13.1 Å². The number of halogens is 2. The zero-order valence-electron chi connectivity index (χ0n) is 10.9. The molecule has 1 aliphatic rings. The summed E-state index contributed by atoms with van der Waals surface area (Å²) < 4.78 is 14.0. The van der Waals surface area contributed by atoms with E-state index in [2.05, 4.69) is 18.7 Å². The molecule has 1 atom stereocenters. The molecule has 0 saturated carbocycles. The van der Waals surface area contributed by atoms with Gasteiger partial charge in [0.1, 0.15) is 5.82 Å². The van der Waals surface area contributed by atoms with Crippen molar-refractivity contribution in [1.29, 1.82) is 0 Å². The smallest absolute Gasteiger partial charge is 0.129 e. The molecule has 1 aromatic rings. The van der Waals surface area contributed by atoms with Gasteiger partial charge in [-0.3, -0.25) is 4.90 Å². The fourth-order valence-electron chi connectivity index (χ4n) is 2.94. The van der Waals surface area contributed by atoms with Crippen molar-refractivity contribution in [3.63, 3.8) is 0 Å². The number of hydrogen-bond donors (Lipinski definition) is 1. The van der Waals surface area contributed by atoms with Gasteiger partial charge in [0, 0.05) is 22.7 Å². The van der Waals surface area contributed by atoms with E-state index < -0.39 is 0 Å². The molecule has 2 rings (SSSR count). The highest BCUT2D eigenvalue weighted by Crippen LogP contribution is 2.38. The molecule has 100 valence electrons. The third kappa shape index (κ3) is 2.40. The van der Waals surface area contributed by atoms with Gasteiger partial charge in [0.2, 0.25) is 0 Å². The maximum atomic E-state index is 14.0. The zero-order valence-corrected chi connectivity index (χ0v) is 11.7. The lowest BCUT2D eigenvalue weighted by atomic mass is 9.97. The number of likely N-dealkylation sites (tertiary alicyclic amines) is 1. The lowest BCUT2D eigenvalue weighted by Crippen LogP contribution is -2.44. The third-order valence-corrected chi connectivity index (χ3v) is 4.23. The molecule has 2 N–H and O–H groups in total. The van der Waals surface area contributed by atoms with E-state index in [0.29, 0.717) is 17.1 Å². The predicted molar refractivity (Wildman–Crippen MR) is 73.2 cm³/mol. The highest BCUT2D eigenvalue weighted by molar-refractivity contribution is 6.31. The van der Waals surface area contributed by atoms with E-state index in [4.69, 9.17) is 17.3 Å². The van der Waals surface area contributed by atoms with Crippen molar-refractivity contribution in [3.8, 4) is 0 Å². The van der Waals surface area contributed by atoms with Crippen LogP contribution in [0.2, 0.25) is 5.02 Å². The van der Waals surface area contributed by atoms with E-state index in [9.17, 15) is 4.39 Å². The van der Waals surface area contributed by atoms with Crippen LogP contribution in [-0.4, -0.2) is 23.5 Å². The molecule has 0 aliphatic carbocycles. The van der Waals surface area contributed by atoms with Crippen LogP contribution in [0.4, 0.5) is 4.39 Å². The lowest BCUT2D eigenvalue weighted by molar-refractivity contribution is 0.117. The molecule has 0 radical (unpaired) electrons. The molecule has 1 unspecified atom stereocenters. The Bertz CT molecular complexity index is 414. The average Bonchev–Trinajstić information content (AvgIpc) is 2.64. The minimum Gasteiger partial charge on any atom is -0.329 e. The Morgan fingerprint density at radius 2 is 2.22 bits per heavy atom. The maximum Gasteiger partial charge on any atom is 0.129 e. The summed E-state index contributed by atoms with van der Waals surface area (Å²) in [5.74, 6) is -0.263. The first-order chi connectivity index (χ1) is 8.47. The Morgan fingerprint density at radius 1 is 1.50 bits per heavy atom. The van der Waals surface area contributed by atoms with Crippen LogP contribution in [-0.2, 0) is 0 Å². The topological polar surface area (TPSA) is 29.3 Å². The molecule has 1 fully saturated rings. The van der Waals surface area contributed by atoms with Gasteiger partial charge in [0.15, 0.2) is 0 Å². The molecular weight excluding hydrogens is 251 g/mol. The van der Waals surface area contributed by atoms with Gasteiger partial charge < -0.3 is 5.73 Å². The number of nitrogens with two attached hydrogens (primary N) is 1. The quantitative estimate of drug-likeness (QED) is 0.913. The van der Waals surface area contributed by atoms with E-state index in [1.807, 2.05) is 0 Å². The molecule has 18 heavy (non-hydrogen) atoms. The van der Waals surface area contributed by atoms with Gasteiger partial charge in [0.05, 0.1) is 6.04 Å². The van der Waals surface area contributed by atoms with E-state index in [1.165, 1.54) is 6.07 Å². The van der Waals surface area contributed by atoms with Crippen molar-refractivity contribution in [3.05, 3.63) is 34.6 Å². The van der Waals surface area contributed by atoms with Crippen molar-refractivity contribution in [1.82, 2.24) is 4.90 Å². The first-order valence-electron chi connectivity index (χ1n) is 6.38. The molecule has 1 aromatic carbocycles. The molecule has 0 aromatic heterocycles. The fourth-order valence-corrected chi connectivity index (χ4v) is 3.22. The molecule has 1 saturated heterocycles. The molecule has 1 heterocycles. The minimum absolute atomic E-state index is 0.0512. The summed E-state index contributed by atoms with van der Waals surface area (Å²) in [6.07, 6.45) is 2.23. The van der Waals surface area contributed by atoms with Crippen LogP contribution in [0.25, 0.3) is 0 Å². The monoisotopic (exact) mass is 270 g/mol. The number of rotatable bonds is 3. The van der Waals surface area contributed by atoms with Crippen LogP contribution in [0.3, 0.4) is 0 Å². The normalized spacial score (nSPS) is 21.2. The SMILES string of the molecule is CC1(C)CCCN1C(CN)c1c(F)cccc1Cl. The van der Waals surface area contributed by atoms with Crippen molar-refractivity contribution >= 4 is 11.6 Å². The van der Waals surface area contributed by atoms with E-state index >= 15 is 0 Å². The van der Waals surface area contributed by atoms with Crippen LogP contribution in [0.5, 0.6) is 0 Å². The highest BCUT2D eigenvalue weighted by atomic mass is 35.5. The number of hydrogen-bond acceptors (Lipinski definition) is 2. The molecule has 0 amide bonds. The summed E-state index contributed by atoms with van der Waals surface area (Å²) in [5, 5.41) is 0.466. The van der Waals surface area contributed by atoms with Crippen LogP contribution in [0.15, 0.2) is 18.2 Å². The largest absolute Gasteiger partial charge is 0.329 e. The molecule has 0 spiro atoms. The first kappa shape index (κ1) is 13.8. The summed E-state index contributed by atoms with van der Waals surface area (Å²) in [6, 6.07) is 4.67. The van der Waals surface area contributed by atoms with Gasteiger partial charge >= 0.3 is 0 Å². The second-order valence-corrected chi connectivity index (χ2v) is 5.90. The Balaban J connectivity index is 2.40. The molecule has 2 nitrogen and oxygen atoms in total. The second-order valence-electron chi connectivity index (χ2n) is 5.50. The zero-order chi connectivity index (χ0) is 13.3. The Kier molecular flexibility index (Phi) is 3.95.